The maximum Gasteiger partial charge on any atom is 0.156 e. The first kappa shape index (κ1) is 11.8. The molecule has 0 saturated carbocycles. The Morgan fingerprint density at radius 1 is 1.16 bits per heavy atom. The fraction of sp³-hybridized carbons (Fsp3) is 0.0667. The second kappa shape index (κ2) is 4.16. The third kappa shape index (κ3) is 1.89. The Balaban J connectivity index is 2.28. The molecule has 0 atom stereocenters. The predicted molar refractivity (Wildman–Crippen MR) is 78.3 cm³/mol. The summed E-state index contributed by atoms with van der Waals surface area (Å²) in [5, 5.41) is 10.5. The van der Waals surface area contributed by atoms with Gasteiger partial charge in [0, 0.05) is 16.5 Å². The maximum absolute atomic E-state index is 14.4. The van der Waals surface area contributed by atoms with Crippen LogP contribution in [-0.2, 0) is 0 Å². The average Bonchev–Trinajstić information content (AvgIpc) is 2.67. The highest BCUT2D eigenvalue weighted by Crippen LogP contribution is 2.34. The highest BCUT2D eigenvalue weighted by Gasteiger charge is 2.15. The zero-order valence-electron chi connectivity index (χ0n) is 10.8. The van der Waals surface area contributed by atoms with Gasteiger partial charge in [0.05, 0.1) is 5.69 Å². The molecule has 3 rings (SSSR count). The molecule has 0 aliphatic carbocycles. The molecule has 2 N–H and O–H groups in total. The van der Waals surface area contributed by atoms with E-state index in [1.54, 1.807) is 18.2 Å². The summed E-state index contributed by atoms with van der Waals surface area (Å²) in [7, 11) is 1.93. The highest BCUT2D eigenvalue weighted by atomic mass is 19.1. The van der Waals surface area contributed by atoms with Crippen molar-refractivity contribution in [3.05, 3.63) is 47.8 Å². The summed E-state index contributed by atoms with van der Waals surface area (Å²) < 4.78 is 14.4. The SMILES string of the molecule is Bc1ccc2[nH]c(-c3ccc(C)cc3O)c(F)c2c1. The fourth-order valence-electron chi connectivity index (χ4n) is 2.31. The number of H-pyrrole nitrogens is 1. The number of nitrogens with one attached hydrogen (secondary N) is 1. The van der Waals surface area contributed by atoms with E-state index in [1.807, 2.05) is 33.0 Å². The van der Waals surface area contributed by atoms with Crippen molar-refractivity contribution in [2.24, 2.45) is 0 Å². The number of phenols is 1. The standard InChI is InChI=1S/C15H13BFNO/c1-8-2-4-10(13(19)6-8)15-14(17)11-7-9(16)3-5-12(11)18-15/h2-7,18-19H,16H2,1H3. The number of rotatable bonds is 1. The van der Waals surface area contributed by atoms with E-state index in [0.717, 1.165) is 16.5 Å². The molecule has 1 aromatic heterocycles. The van der Waals surface area contributed by atoms with Gasteiger partial charge in [-0.3, -0.25) is 0 Å². The Bertz CT molecular complexity index is 779. The van der Waals surface area contributed by atoms with E-state index in [0.29, 0.717) is 16.6 Å². The molecule has 0 radical (unpaired) electrons. The number of hydrogen-bond acceptors (Lipinski definition) is 1. The lowest BCUT2D eigenvalue weighted by atomic mass is 9.95. The Labute approximate surface area is 111 Å². The third-order valence-electron chi connectivity index (χ3n) is 3.31. The van der Waals surface area contributed by atoms with E-state index in [-0.39, 0.29) is 11.6 Å². The number of hydrogen-bond donors (Lipinski definition) is 2. The summed E-state index contributed by atoms with van der Waals surface area (Å²) in [5.41, 5.74) is 3.49. The van der Waals surface area contributed by atoms with Crippen LogP contribution in [0.5, 0.6) is 5.75 Å². The summed E-state index contributed by atoms with van der Waals surface area (Å²) in [6.45, 7) is 1.88. The number of fused-ring (bicyclic) bond motifs is 1. The topological polar surface area (TPSA) is 36.0 Å². The maximum atomic E-state index is 14.4. The normalized spacial score (nSPS) is 11.1. The number of halogens is 1. The number of aromatic nitrogens is 1. The molecule has 94 valence electrons. The van der Waals surface area contributed by atoms with Crippen LogP contribution in [0.2, 0.25) is 0 Å². The molecular formula is C15H13BFNO. The lowest BCUT2D eigenvalue weighted by Gasteiger charge is -2.03. The van der Waals surface area contributed by atoms with Crippen molar-refractivity contribution >= 4 is 24.2 Å². The lowest BCUT2D eigenvalue weighted by molar-refractivity contribution is 0.476. The molecule has 0 saturated heterocycles. The minimum Gasteiger partial charge on any atom is -0.507 e. The van der Waals surface area contributed by atoms with Crippen molar-refractivity contribution in [2.75, 3.05) is 0 Å². The van der Waals surface area contributed by atoms with E-state index in [9.17, 15) is 9.50 Å². The second-order valence-corrected chi connectivity index (χ2v) is 4.88. The van der Waals surface area contributed by atoms with Crippen LogP contribution in [0.25, 0.3) is 22.2 Å². The van der Waals surface area contributed by atoms with Gasteiger partial charge in [0.25, 0.3) is 0 Å². The van der Waals surface area contributed by atoms with Crippen LogP contribution in [0.1, 0.15) is 5.56 Å². The molecule has 1 heterocycles. The van der Waals surface area contributed by atoms with E-state index in [1.165, 1.54) is 0 Å². The minimum atomic E-state index is -0.321. The largest absolute Gasteiger partial charge is 0.507 e. The third-order valence-corrected chi connectivity index (χ3v) is 3.31. The van der Waals surface area contributed by atoms with E-state index in [2.05, 4.69) is 4.98 Å². The number of phenolic OH excluding ortho intramolecular Hbond substituents is 1. The van der Waals surface area contributed by atoms with Crippen molar-refractivity contribution in [3.8, 4) is 17.0 Å². The first-order chi connectivity index (χ1) is 9.06. The molecule has 2 nitrogen and oxygen atoms in total. The molecule has 0 fully saturated rings. The Hall–Kier alpha value is -2.23. The Kier molecular flexibility index (Phi) is 2.59. The van der Waals surface area contributed by atoms with E-state index in [4.69, 9.17) is 0 Å². The number of aromatic amines is 1. The van der Waals surface area contributed by atoms with Gasteiger partial charge in [-0.2, -0.15) is 0 Å². The van der Waals surface area contributed by atoms with Gasteiger partial charge in [0.15, 0.2) is 5.82 Å². The van der Waals surface area contributed by atoms with Gasteiger partial charge in [-0.05, 0) is 30.7 Å². The Morgan fingerprint density at radius 2 is 1.95 bits per heavy atom. The average molecular weight is 253 g/mol. The molecule has 19 heavy (non-hydrogen) atoms. The van der Waals surface area contributed by atoms with Gasteiger partial charge in [-0.15, -0.1) is 0 Å². The van der Waals surface area contributed by atoms with Gasteiger partial charge in [0.1, 0.15) is 13.6 Å². The molecule has 2 aromatic carbocycles. The minimum absolute atomic E-state index is 0.0854. The van der Waals surface area contributed by atoms with Crippen LogP contribution in [0.4, 0.5) is 4.39 Å². The van der Waals surface area contributed by atoms with Crippen LogP contribution in [0.3, 0.4) is 0 Å². The molecule has 0 amide bonds. The van der Waals surface area contributed by atoms with E-state index < -0.39 is 0 Å². The van der Waals surface area contributed by atoms with Gasteiger partial charge in [-0.25, -0.2) is 4.39 Å². The quantitative estimate of drug-likeness (QED) is 0.641. The molecule has 0 aliphatic rings. The molecule has 0 unspecified atom stereocenters. The molecule has 4 heteroatoms. The molecule has 0 bridgehead atoms. The van der Waals surface area contributed by atoms with Crippen LogP contribution in [0.15, 0.2) is 36.4 Å². The van der Waals surface area contributed by atoms with Crippen molar-refractivity contribution in [3.63, 3.8) is 0 Å². The number of benzene rings is 2. The van der Waals surface area contributed by atoms with Gasteiger partial charge >= 0.3 is 0 Å². The molecule has 0 spiro atoms. The zero-order valence-corrected chi connectivity index (χ0v) is 10.8. The lowest BCUT2D eigenvalue weighted by Crippen LogP contribution is -1.99. The molecule has 0 aliphatic heterocycles. The zero-order chi connectivity index (χ0) is 13.6. The van der Waals surface area contributed by atoms with Crippen LogP contribution in [0, 0.1) is 12.7 Å². The van der Waals surface area contributed by atoms with Crippen molar-refractivity contribution in [1.29, 1.82) is 0 Å². The molecule has 3 aromatic rings. The smallest absolute Gasteiger partial charge is 0.156 e. The van der Waals surface area contributed by atoms with Gasteiger partial charge in [0.2, 0.25) is 0 Å². The second-order valence-electron chi connectivity index (χ2n) is 4.88. The summed E-state index contributed by atoms with van der Waals surface area (Å²) in [6.07, 6.45) is 0. The summed E-state index contributed by atoms with van der Waals surface area (Å²) in [5.74, 6) is -0.236. The van der Waals surface area contributed by atoms with Crippen LogP contribution >= 0.6 is 0 Å². The fourth-order valence-corrected chi connectivity index (χ4v) is 2.31. The highest BCUT2D eigenvalue weighted by molar-refractivity contribution is 6.33. The van der Waals surface area contributed by atoms with Crippen molar-refractivity contribution in [2.45, 2.75) is 6.92 Å². The van der Waals surface area contributed by atoms with Gasteiger partial charge < -0.3 is 10.1 Å². The first-order valence-corrected chi connectivity index (χ1v) is 6.14. The number of aryl methyl sites for hydroxylation is 1. The van der Waals surface area contributed by atoms with Crippen LogP contribution < -0.4 is 5.46 Å². The summed E-state index contributed by atoms with van der Waals surface area (Å²) in [4.78, 5) is 3.03. The predicted octanol–water partition coefficient (Wildman–Crippen LogP) is 2.25. The van der Waals surface area contributed by atoms with Crippen molar-refractivity contribution in [1.82, 2.24) is 4.98 Å². The number of aromatic hydroxyl groups is 1. The van der Waals surface area contributed by atoms with Gasteiger partial charge in [-0.1, -0.05) is 23.7 Å². The monoisotopic (exact) mass is 253 g/mol. The first-order valence-electron chi connectivity index (χ1n) is 6.14. The van der Waals surface area contributed by atoms with Crippen molar-refractivity contribution < 1.29 is 9.50 Å². The Morgan fingerprint density at radius 3 is 2.68 bits per heavy atom. The summed E-state index contributed by atoms with van der Waals surface area (Å²) in [6, 6.07) is 10.8. The van der Waals surface area contributed by atoms with E-state index >= 15 is 0 Å². The molecular weight excluding hydrogens is 240 g/mol. The summed E-state index contributed by atoms with van der Waals surface area (Å²) >= 11 is 0. The van der Waals surface area contributed by atoms with Crippen LogP contribution in [-0.4, -0.2) is 17.9 Å².